The van der Waals surface area contributed by atoms with Crippen LogP contribution in [-0.4, -0.2) is 32.3 Å². The van der Waals surface area contributed by atoms with Crippen LogP contribution in [0.4, 0.5) is 5.82 Å². The number of ether oxygens (including phenoxy) is 4. The van der Waals surface area contributed by atoms with Crippen molar-refractivity contribution >= 4 is 33.5 Å². The summed E-state index contributed by atoms with van der Waals surface area (Å²) < 4.78 is 50.5. The minimum Gasteiger partial charge on any atom is -0.493 e. The maximum Gasteiger partial charge on any atom is 0.256 e. The molecule has 1 N–H and O–H groups in total. The van der Waals surface area contributed by atoms with Crippen LogP contribution in [0, 0.1) is 0 Å². The van der Waals surface area contributed by atoms with E-state index in [4.69, 9.17) is 30.5 Å². The SMILES string of the molecule is COc1ccccc1Oc1c(Cl)nc(-c2ccc3c(c2)OCO3)nc1NS(=O)(=O)C=Cc1ccccc1. The molecule has 188 valence electrons. The van der Waals surface area contributed by atoms with Gasteiger partial charge in [0, 0.05) is 5.56 Å². The first-order valence-corrected chi connectivity index (χ1v) is 12.9. The zero-order chi connectivity index (χ0) is 25.8. The van der Waals surface area contributed by atoms with Gasteiger partial charge in [-0.15, -0.1) is 0 Å². The molecule has 2 heterocycles. The number of anilines is 1. The van der Waals surface area contributed by atoms with Crippen molar-refractivity contribution in [3.05, 3.63) is 88.9 Å². The molecular formula is C26H20ClN3O6S. The molecule has 0 atom stereocenters. The first kappa shape index (κ1) is 24.4. The van der Waals surface area contributed by atoms with E-state index in [-0.39, 0.29) is 29.3 Å². The minimum absolute atomic E-state index is 0.0904. The van der Waals surface area contributed by atoms with Crippen molar-refractivity contribution in [1.29, 1.82) is 0 Å². The molecule has 5 rings (SSSR count). The van der Waals surface area contributed by atoms with E-state index in [1.54, 1.807) is 66.7 Å². The summed E-state index contributed by atoms with van der Waals surface area (Å²) in [4.78, 5) is 8.78. The number of aromatic nitrogens is 2. The second-order valence-corrected chi connectivity index (χ2v) is 9.62. The number of para-hydroxylation sites is 2. The van der Waals surface area contributed by atoms with E-state index >= 15 is 0 Å². The lowest BCUT2D eigenvalue weighted by Crippen LogP contribution is -2.12. The monoisotopic (exact) mass is 537 g/mol. The molecule has 3 aromatic carbocycles. The van der Waals surface area contributed by atoms with Crippen molar-refractivity contribution in [2.45, 2.75) is 0 Å². The number of hydrogen-bond acceptors (Lipinski definition) is 8. The third-order valence-corrected chi connectivity index (χ3v) is 6.44. The van der Waals surface area contributed by atoms with Crippen LogP contribution in [0.25, 0.3) is 17.5 Å². The van der Waals surface area contributed by atoms with E-state index in [9.17, 15) is 8.42 Å². The average Bonchev–Trinajstić information content (AvgIpc) is 3.38. The fraction of sp³-hybridized carbons (Fsp3) is 0.0769. The molecule has 1 aliphatic rings. The lowest BCUT2D eigenvalue weighted by molar-refractivity contribution is 0.174. The molecular weight excluding hydrogens is 518 g/mol. The average molecular weight is 538 g/mol. The Balaban J connectivity index is 1.56. The van der Waals surface area contributed by atoms with Crippen LogP contribution in [-0.2, 0) is 10.0 Å². The first-order valence-electron chi connectivity index (χ1n) is 11.0. The number of benzene rings is 3. The summed E-state index contributed by atoms with van der Waals surface area (Å²) in [5, 5.41) is 0.921. The minimum atomic E-state index is -4.02. The van der Waals surface area contributed by atoms with E-state index < -0.39 is 10.0 Å². The molecule has 0 bridgehead atoms. The Morgan fingerprint density at radius 3 is 2.46 bits per heavy atom. The van der Waals surface area contributed by atoms with Crippen LogP contribution in [0.2, 0.25) is 5.15 Å². The Labute approximate surface area is 218 Å². The molecule has 0 aliphatic carbocycles. The molecule has 1 aliphatic heterocycles. The fourth-order valence-electron chi connectivity index (χ4n) is 3.46. The molecule has 0 saturated carbocycles. The van der Waals surface area contributed by atoms with Crippen LogP contribution < -0.4 is 23.7 Å². The third-order valence-electron chi connectivity index (χ3n) is 5.21. The largest absolute Gasteiger partial charge is 0.493 e. The molecule has 9 nitrogen and oxygen atoms in total. The van der Waals surface area contributed by atoms with Gasteiger partial charge in [-0.2, -0.15) is 0 Å². The van der Waals surface area contributed by atoms with Crippen molar-refractivity contribution in [1.82, 2.24) is 9.97 Å². The molecule has 0 unspecified atom stereocenters. The van der Waals surface area contributed by atoms with Gasteiger partial charge in [0.05, 0.1) is 12.5 Å². The summed E-state index contributed by atoms with van der Waals surface area (Å²) in [5.74, 6) is 1.71. The van der Waals surface area contributed by atoms with Crippen molar-refractivity contribution in [2.75, 3.05) is 18.6 Å². The van der Waals surface area contributed by atoms with Gasteiger partial charge in [-0.1, -0.05) is 54.1 Å². The molecule has 37 heavy (non-hydrogen) atoms. The Bertz CT molecular complexity index is 1580. The maximum absolute atomic E-state index is 13.0. The van der Waals surface area contributed by atoms with Crippen LogP contribution in [0.5, 0.6) is 28.7 Å². The van der Waals surface area contributed by atoms with Gasteiger partial charge in [-0.25, -0.2) is 18.4 Å². The molecule has 0 saturated heterocycles. The molecule has 11 heteroatoms. The fourth-order valence-corrected chi connectivity index (χ4v) is 4.48. The number of fused-ring (bicyclic) bond motifs is 1. The van der Waals surface area contributed by atoms with Gasteiger partial charge in [0.1, 0.15) is 0 Å². The summed E-state index contributed by atoms with van der Waals surface area (Å²) in [5.41, 5.74) is 1.25. The predicted octanol–water partition coefficient (Wildman–Crippen LogP) is 5.74. The topological polar surface area (TPSA) is 109 Å². The van der Waals surface area contributed by atoms with E-state index in [0.29, 0.717) is 34.1 Å². The molecule has 0 radical (unpaired) electrons. The number of nitrogens with one attached hydrogen (secondary N) is 1. The van der Waals surface area contributed by atoms with Crippen molar-refractivity contribution in [3.8, 4) is 40.1 Å². The van der Waals surface area contributed by atoms with Gasteiger partial charge >= 0.3 is 0 Å². The van der Waals surface area contributed by atoms with E-state index in [1.807, 2.05) is 6.07 Å². The summed E-state index contributed by atoms with van der Waals surface area (Å²) in [7, 11) is -2.54. The number of halogens is 1. The number of sulfonamides is 1. The summed E-state index contributed by atoms with van der Waals surface area (Å²) >= 11 is 6.52. The quantitative estimate of drug-likeness (QED) is 0.283. The van der Waals surface area contributed by atoms with E-state index in [1.165, 1.54) is 13.2 Å². The molecule has 1 aromatic heterocycles. The Morgan fingerprint density at radius 2 is 1.68 bits per heavy atom. The number of hydrogen-bond donors (Lipinski definition) is 1. The lowest BCUT2D eigenvalue weighted by Gasteiger charge is -2.15. The standard InChI is InChI=1S/C26H20ClN3O6S/c1-33-19-9-5-6-10-21(19)36-23-24(27)28-25(18-11-12-20-22(15-18)35-16-34-20)29-26(23)30-37(31,32)14-13-17-7-3-2-4-8-17/h2-15H,16H2,1H3,(H,28,29,30). The summed E-state index contributed by atoms with van der Waals surface area (Å²) in [6.07, 6.45) is 1.46. The van der Waals surface area contributed by atoms with Crippen LogP contribution >= 0.6 is 11.6 Å². The van der Waals surface area contributed by atoms with Gasteiger partial charge in [0.15, 0.2) is 39.8 Å². The molecule has 0 spiro atoms. The maximum atomic E-state index is 13.0. The molecule has 0 fully saturated rings. The highest BCUT2D eigenvalue weighted by Gasteiger charge is 2.23. The Kier molecular flexibility index (Phi) is 6.85. The predicted molar refractivity (Wildman–Crippen MR) is 140 cm³/mol. The number of methoxy groups -OCH3 is 1. The van der Waals surface area contributed by atoms with Gasteiger partial charge < -0.3 is 18.9 Å². The zero-order valence-electron chi connectivity index (χ0n) is 19.4. The smallest absolute Gasteiger partial charge is 0.256 e. The molecule has 0 amide bonds. The van der Waals surface area contributed by atoms with Crippen LogP contribution in [0.1, 0.15) is 5.56 Å². The number of nitrogens with zero attached hydrogens (tertiary/aromatic N) is 2. The highest BCUT2D eigenvalue weighted by atomic mass is 35.5. The van der Waals surface area contributed by atoms with Gasteiger partial charge in [-0.05, 0) is 42.0 Å². The van der Waals surface area contributed by atoms with E-state index in [0.717, 1.165) is 5.41 Å². The summed E-state index contributed by atoms with van der Waals surface area (Å²) in [6, 6.07) is 21.0. The first-order chi connectivity index (χ1) is 17.9. The van der Waals surface area contributed by atoms with E-state index in [2.05, 4.69) is 14.7 Å². The summed E-state index contributed by atoms with van der Waals surface area (Å²) in [6.45, 7) is 0.102. The van der Waals surface area contributed by atoms with Crippen molar-refractivity contribution < 1.29 is 27.4 Å². The highest BCUT2D eigenvalue weighted by Crippen LogP contribution is 2.41. The van der Waals surface area contributed by atoms with Crippen molar-refractivity contribution in [2.24, 2.45) is 0 Å². The lowest BCUT2D eigenvalue weighted by atomic mass is 10.2. The van der Waals surface area contributed by atoms with Gasteiger partial charge in [0.25, 0.3) is 10.0 Å². The van der Waals surface area contributed by atoms with Gasteiger partial charge in [0.2, 0.25) is 12.5 Å². The molecule has 4 aromatic rings. The normalized spacial score (nSPS) is 12.5. The van der Waals surface area contributed by atoms with Crippen LogP contribution in [0.15, 0.2) is 78.2 Å². The van der Waals surface area contributed by atoms with Crippen LogP contribution in [0.3, 0.4) is 0 Å². The number of rotatable bonds is 8. The highest BCUT2D eigenvalue weighted by molar-refractivity contribution is 7.95. The van der Waals surface area contributed by atoms with Gasteiger partial charge in [-0.3, -0.25) is 4.72 Å². The Hall–Kier alpha value is -4.28. The second kappa shape index (κ2) is 10.4. The Morgan fingerprint density at radius 1 is 0.946 bits per heavy atom. The second-order valence-electron chi connectivity index (χ2n) is 7.70. The zero-order valence-corrected chi connectivity index (χ0v) is 21.0. The van der Waals surface area contributed by atoms with Crippen molar-refractivity contribution in [3.63, 3.8) is 0 Å². The third kappa shape index (κ3) is 5.60.